The number of rotatable bonds is 4. The molecule has 2 aromatic rings. The third-order valence-electron chi connectivity index (χ3n) is 3.13. The predicted octanol–water partition coefficient (Wildman–Crippen LogP) is 4.42. The Bertz CT molecular complexity index is 648. The molecule has 2 rings (SSSR count). The van der Waals surface area contributed by atoms with Crippen LogP contribution >= 0.6 is 15.9 Å². The molecule has 0 aromatic heterocycles. The van der Waals surface area contributed by atoms with Gasteiger partial charge in [-0.1, -0.05) is 22.0 Å². The highest BCUT2D eigenvalue weighted by molar-refractivity contribution is 9.10. The number of nitrogens with one attached hydrogen (secondary N) is 2. The van der Waals surface area contributed by atoms with Crippen molar-refractivity contribution >= 4 is 33.2 Å². The van der Waals surface area contributed by atoms with Gasteiger partial charge in [-0.3, -0.25) is 4.79 Å². The van der Waals surface area contributed by atoms with E-state index in [1.807, 2.05) is 51.1 Å². The fraction of sp³-hybridized carbons (Fsp3) is 0.235. The van der Waals surface area contributed by atoms with Gasteiger partial charge in [-0.2, -0.15) is 0 Å². The first-order valence-electron chi connectivity index (χ1n) is 6.82. The van der Waals surface area contributed by atoms with Crippen LogP contribution in [0.15, 0.2) is 40.9 Å². The van der Waals surface area contributed by atoms with Gasteiger partial charge in [0.25, 0.3) is 0 Å². The molecule has 0 saturated heterocycles. The van der Waals surface area contributed by atoms with Gasteiger partial charge in [0.2, 0.25) is 5.91 Å². The van der Waals surface area contributed by atoms with E-state index in [2.05, 4.69) is 32.6 Å². The summed E-state index contributed by atoms with van der Waals surface area (Å²) in [6.07, 6.45) is 0. The Hall–Kier alpha value is -1.81. The lowest BCUT2D eigenvalue weighted by molar-refractivity contribution is -0.114. The quantitative estimate of drug-likeness (QED) is 0.859. The van der Waals surface area contributed by atoms with E-state index in [-0.39, 0.29) is 12.5 Å². The fourth-order valence-corrected chi connectivity index (χ4v) is 2.73. The van der Waals surface area contributed by atoms with Gasteiger partial charge in [0, 0.05) is 15.8 Å². The van der Waals surface area contributed by atoms with E-state index in [9.17, 15) is 4.79 Å². The molecule has 0 aliphatic rings. The smallest absolute Gasteiger partial charge is 0.243 e. The van der Waals surface area contributed by atoms with Crippen molar-refractivity contribution < 1.29 is 4.79 Å². The van der Waals surface area contributed by atoms with Gasteiger partial charge in [-0.15, -0.1) is 0 Å². The van der Waals surface area contributed by atoms with Crippen LogP contribution in [-0.4, -0.2) is 12.5 Å². The summed E-state index contributed by atoms with van der Waals surface area (Å²) in [6.45, 7) is 6.29. The Morgan fingerprint density at radius 2 is 1.71 bits per heavy atom. The maximum absolute atomic E-state index is 12.0. The summed E-state index contributed by atoms with van der Waals surface area (Å²) in [5, 5.41) is 6.07. The Kier molecular flexibility index (Phi) is 5.02. The summed E-state index contributed by atoms with van der Waals surface area (Å²) < 4.78 is 1.03. The van der Waals surface area contributed by atoms with Gasteiger partial charge >= 0.3 is 0 Å². The molecule has 0 heterocycles. The number of hydrogen-bond acceptors (Lipinski definition) is 2. The Morgan fingerprint density at radius 3 is 2.33 bits per heavy atom. The minimum atomic E-state index is -0.0534. The van der Waals surface area contributed by atoms with E-state index < -0.39 is 0 Å². The number of carbonyl (C=O) groups is 1. The topological polar surface area (TPSA) is 41.1 Å². The maximum Gasteiger partial charge on any atom is 0.243 e. The molecule has 2 aromatic carbocycles. The SMILES string of the molecule is Cc1cc(C)cc(NC(=O)CNc2ccc(Br)cc2C)c1. The summed E-state index contributed by atoms with van der Waals surface area (Å²) in [7, 11) is 0. The summed E-state index contributed by atoms with van der Waals surface area (Å²) in [4.78, 5) is 12.0. The van der Waals surface area contributed by atoms with Crippen LogP contribution in [0.25, 0.3) is 0 Å². The second kappa shape index (κ2) is 6.76. The highest BCUT2D eigenvalue weighted by Gasteiger charge is 2.05. The lowest BCUT2D eigenvalue weighted by Crippen LogP contribution is -2.22. The number of aryl methyl sites for hydroxylation is 3. The highest BCUT2D eigenvalue weighted by Crippen LogP contribution is 2.20. The van der Waals surface area contributed by atoms with Crippen molar-refractivity contribution in [1.29, 1.82) is 0 Å². The molecule has 0 saturated carbocycles. The first-order chi connectivity index (χ1) is 9.94. The minimum Gasteiger partial charge on any atom is -0.376 e. The van der Waals surface area contributed by atoms with Crippen LogP contribution in [0.5, 0.6) is 0 Å². The Labute approximate surface area is 133 Å². The number of amides is 1. The Balaban J connectivity index is 1.95. The average Bonchev–Trinajstić information content (AvgIpc) is 2.36. The molecule has 0 spiro atoms. The van der Waals surface area contributed by atoms with Crippen molar-refractivity contribution in [2.45, 2.75) is 20.8 Å². The van der Waals surface area contributed by atoms with Crippen LogP contribution in [0.1, 0.15) is 16.7 Å². The first-order valence-corrected chi connectivity index (χ1v) is 7.61. The highest BCUT2D eigenvalue weighted by atomic mass is 79.9. The summed E-state index contributed by atoms with van der Waals surface area (Å²) in [5.41, 5.74) is 5.19. The van der Waals surface area contributed by atoms with E-state index in [1.54, 1.807) is 0 Å². The van der Waals surface area contributed by atoms with Gasteiger partial charge in [-0.25, -0.2) is 0 Å². The minimum absolute atomic E-state index is 0.0534. The molecule has 3 nitrogen and oxygen atoms in total. The summed E-state index contributed by atoms with van der Waals surface area (Å²) in [5.74, 6) is -0.0534. The summed E-state index contributed by atoms with van der Waals surface area (Å²) in [6, 6.07) is 12.0. The molecule has 0 unspecified atom stereocenters. The zero-order chi connectivity index (χ0) is 15.4. The first kappa shape index (κ1) is 15.6. The maximum atomic E-state index is 12.0. The molecule has 0 radical (unpaired) electrons. The van der Waals surface area contributed by atoms with Crippen LogP contribution in [-0.2, 0) is 4.79 Å². The normalized spacial score (nSPS) is 10.3. The van der Waals surface area contributed by atoms with E-state index >= 15 is 0 Å². The number of anilines is 2. The van der Waals surface area contributed by atoms with Crippen molar-refractivity contribution in [1.82, 2.24) is 0 Å². The molecule has 0 bridgehead atoms. The zero-order valence-electron chi connectivity index (χ0n) is 12.5. The molecule has 21 heavy (non-hydrogen) atoms. The monoisotopic (exact) mass is 346 g/mol. The average molecular weight is 347 g/mol. The van der Waals surface area contributed by atoms with Gasteiger partial charge < -0.3 is 10.6 Å². The molecule has 1 amide bonds. The molecule has 0 atom stereocenters. The molecule has 0 aliphatic carbocycles. The van der Waals surface area contributed by atoms with Gasteiger partial charge in [0.05, 0.1) is 6.54 Å². The third kappa shape index (κ3) is 4.60. The van der Waals surface area contributed by atoms with Crippen LogP contribution in [0.4, 0.5) is 11.4 Å². The van der Waals surface area contributed by atoms with Crippen molar-refractivity contribution in [3.8, 4) is 0 Å². The fourth-order valence-electron chi connectivity index (χ4n) is 2.25. The predicted molar refractivity (Wildman–Crippen MR) is 91.9 cm³/mol. The number of benzene rings is 2. The van der Waals surface area contributed by atoms with Gasteiger partial charge in [0.1, 0.15) is 0 Å². The largest absolute Gasteiger partial charge is 0.376 e. The molecule has 2 N–H and O–H groups in total. The number of halogens is 1. The lowest BCUT2D eigenvalue weighted by Gasteiger charge is -2.11. The van der Waals surface area contributed by atoms with Crippen molar-refractivity contribution in [2.75, 3.05) is 17.2 Å². The van der Waals surface area contributed by atoms with Crippen molar-refractivity contribution in [3.63, 3.8) is 0 Å². The molecule has 0 fully saturated rings. The molecule has 0 aliphatic heterocycles. The van der Waals surface area contributed by atoms with Crippen LogP contribution in [0.3, 0.4) is 0 Å². The standard InChI is InChI=1S/C17H19BrN2O/c1-11-6-12(2)8-15(7-11)20-17(21)10-19-16-5-4-14(18)9-13(16)3/h4-9,19H,10H2,1-3H3,(H,20,21). The number of hydrogen-bond donors (Lipinski definition) is 2. The van der Waals surface area contributed by atoms with Gasteiger partial charge in [-0.05, 0) is 67.8 Å². The van der Waals surface area contributed by atoms with Gasteiger partial charge in [0.15, 0.2) is 0 Å². The van der Waals surface area contributed by atoms with Crippen LogP contribution in [0, 0.1) is 20.8 Å². The molecular weight excluding hydrogens is 328 g/mol. The molecule has 4 heteroatoms. The van der Waals surface area contributed by atoms with E-state index in [0.29, 0.717) is 0 Å². The van der Waals surface area contributed by atoms with Crippen LogP contribution < -0.4 is 10.6 Å². The van der Waals surface area contributed by atoms with Crippen molar-refractivity contribution in [3.05, 3.63) is 57.6 Å². The van der Waals surface area contributed by atoms with E-state index in [1.165, 1.54) is 0 Å². The molecule has 110 valence electrons. The molecular formula is C17H19BrN2O. The second-order valence-electron chi connectivity index (χ2n) is 5.24. The van der Waals surface area contributed by atoms with Crippen molar-refractivity contribution in [2.24, 2.45) is 0 Å². The number of carbonyl (C=O) groups excluding carboxylic acids is 1. The summed E-state index contributed by atoms with van der Waals surface area (Å²) >= 11 is 3.43. The van der Waals surface area contributed by atoms with Crippen LogP contribution in [0.2, 0.25) is 0 Å². The lowest BCUT2D eigenvalue weighted by atomic mass is 10.1. The Morgan fingerprint density at radius 1 is 1.05 bits per heavy atom. The van der Waals surface area contributed by atoms with E-state index in [4.69, 9.17) is 0 Å². The second-order valence-corrected chi connectivity index (χ2v) is 6.15. The van der Waals surface area contributed by atoms with E-state index in [0.717, 1.165) is 32.5 Å². The zero-order valence-corrected chi connectivity index (χ0v) is 14.0. The third-order valence-corrected chi connectivity index (χ3v) is 3.63.